The van der Waals surface area contributed by atoms with Crippen molar-refractivity contribution in [3.8, 4) is 16.2 Å². The molecule has 0 aliphatic carbocycles. The molecule has 2 rings (SSSR count). The first-order valence-corrected chi connectivity index (χ1v) is 7.02. The van der Waals surface area contributed by atoms with Crippen molar-refractivity contribution in [3.05, 3.63) is 30.5 Å². The van der Waals surface area contributed by atoms with Gasteiger partial charge >= 0.3 is 6.18 Å². The number of halogens is 3. The summed E-state index contributed by atoms with van der Waals surface area (Å²) in [6, 6.07) is 6.86. The Bertz CT molecular complexity index is 623. The van der Waals surface area contributed by atoms with E-state index in [2.05, 4.69) is 4.98 Å². The molecule has 2 N–H and O–H groups in total. The zero-order valence-corrected chi connectivity index (χ0v) is 12.4. The Morgan fingerprint density at radius 3 is 2.57 bits per heavy atom. The van der Waals surface area contributed by atoms with E-state index >= 15 is 0 Å². The van der Waals surface area contributed by atoms with Crippen LogP contribution in [0.2, 0.25) is 0 Å². The summed E-state index contributed by atoms with van der Waals surface area (Å²) >= 11 is 1.31. The van der Waals surface area contributed by atoms with E-state index in [0.29, 0.717) is 10.9 Å². The number of thiazole rings is 1. The minimum Gasteiger partial charge on any atom is -0.493 e. The molecule has 114 valence electrons. The molecule has 0 bridgehead atoms. The average Bonchev–Trinajstić information content (AvgIpc) is 2.82. The molecule has 1 heterocycles. The Hall–Kier alpha value is -1.76. The van der Waals surface area contributed by atoms with Gasteiger partial charge in [0, 0.05) is 6.20 Å². The Labute approximate surface area is 124 Å². The predicted molar refractivity (Wildman–Crippen MR) is 77.3 cm³/mol. The number of ether oxygens (including phenoxy) is 1. The van der Waals surface area contributed by atoms with Crippen molar-refractivity contribution < 1.29 is 17.9 Å². The molecule has 0 aliphatic rings. The minimum absolute atomic E-state index is 0.386. The normalized spacial score (nSPS) is 12.4. The molecule has 3 nitrogen and oxygen atoms in total. The molecule has 0 amide bonds. The summed E-state index contributed by atoms with van der Waals surface area (Å²) in [6.45, 7) is 1.78. The summed E-state index contributed by atoms with van der Waals surface area (Å²) in [6.07, 6.45) is -2.69. The van der Waals surface area contributed by atoms with Crippen LogP contribution in [0, 0.1) is 5.41 Å². The Kier molecular flexibility index (Phi) is 4.13. The quantitative estimate of drug-likeness (QED) is 0.911. The summed E-state index contributed by atoms with van der Waals surface area (Å²) in [7, 11) is 0. The van der Waals surface area contributed by atoms with Gasteiger partial charge in [0.1, 0.15) is 12.4 Å². The first kappa shape index (κ1) is 15.6. The lowest BCUT2D eigenvalue weighted by molar-refractivity contribution is -0.219. The maximum atomic E-state index is 12.8. The topological polar surface area (TPSA) is 48.1 Å². The highest BCUT2D eigenvalue weighted by atomic mass is 32.1. The van der Waals surface area contributed by atoms with Gasteiger partial charge in [-0.25, -0.2) is 4.98 Å². The largest absolute Gasteiger partial charge is 0.493 e. The Balaban J connectivity index is 2.12. The van der Waals surface area contributed by atoms with E-state index in [0.717, 1.165) is 24.3 Å². The molecule has 2 aromatic rings. The Morgan fingerprint density at radius 1 is 1.29 bits per heavy atom. The number of alkyl halides is 3. The van der Waals surface area contributed by atoms with Gasteiger partial charge in [0.05, 0.1) is 10.3 Å². The highest BCUT2D eigenvalue weighted by Gasteiger charge is 2.47. The number of aromatic nitrogens is 1. The second-order valence-electron chi connectivity index (χ2n) is 5.26. The first-order chi connectivity index (χ1) is 9.69. The lowest BCUT2D eigenvalue weighted by Crippen LogP contribution is -2.37. The molecule has 0 saturated carbocycles. The van der Waals surface area contributed by atoms with E-state index < -0.39 is 18.2 Å². The van der Waals surface area contributed by atoms with Gasteiger partial charge in [0.2, 0.25) is 0 Å². The smallest absolute Gasteiger partial charge is 0.397 e. The molecule has 0 aliphatic heterocycles. The van der Waals surface area contributed by atoms with Crippen LogP contribution in [0.1, 0.15) is 13.8 Å². The van der Waals surface area contributed by atoms with E-state index in [1.165, 1.54) is 11.3 Å². The van der Waals surface area contributed by atoms with Gasteiger partial charge in [0.15, 0.2) is 5.13 Å². The van der Waals surface area contributed by atoms with Gasteiger partial charge in [-0.15, -0.1) is 0 Å². The molecule has 0 fully saturated rings. The molecule has 0 unspecified atom stereocenters. The molecular weight excluding hydrogens is 301 g/mol. The van der Waals surface area contributed by atoms with Crippen molar-refractivity contribution in [2.24, 2.45) is 5.41 Å². The van der Waals surface area contributed by atoms with Crippen LogP contribution in [0.25, 0.3) is 10.4 Å². The van der Waals surface area contributed by atoms with Gasteiger partial charge < -0.3 is 10.5 Å². The number of benzene rings is 1. The number of hydrogen-bond acceptors (Lipinski definition) is 4. The lowest BCUT2D eigenvalue weighted by atomic mass is 9.94. The number of anilines is 1. The van der Waals surface area contributed by atoms with Crippen LogP contribution in [0.4, 0.5) is 18.3 Å². The van der Waals surface area contributed by atoms with Crippen LogP contribution in [-0.2, 0) is 0 Å². The van der Waals surface area contributed by atoms with Gasteiger partial charge in [-0.1, -0.05) is 23.5 Å². The molecule has 21 heavy (non-hydrogen) atoms. The van der Waals surface area contributed by atoms with E-state index in [9.17, 15) is 13.2 Å². The lowest BCUT2D eigenvalue weighted by Gasteiger charge is -2.27. The minimum atomic E-state index is -4.31. The third kappa shape index (κ3) is 3.66. The maximum absolute atomic E-state index is 12.8. The zero-order chi connectivity index (χ0) is 15.7. The second-order valence-corrected chi connectivity index (χ2v) is 6.32. The van der Waals surface area contributed by atoms with Crippen LogP contribution in [0.5, 0.6) is 5.75 Å². The molecule has 0 radical (unpaired) electrons. The van der Waals surface area contributed by atoms with E-state index in [1.54, 1.807) is 24.4 Å². The number of hydrogen-bond donors (Lipinski definition) is 1. The van der Waals surface area contributed by atoms with Gasteiger partial charge in [-0.2, -0.15) is 13.2 Å². The molecule has 0 spiro atoms. The van der Waals surface area contributed by atoms with Crippen molar-refractivity contribution >= 4 is 16.5 Å². The van der Waals surface area contributed by atoms with Crippen molar-refractivity contribution in [2.75, 3.05) is 12.3 Å². The number of nitrogen functional groups attached to an aromatic ring is 1. The number of rotatable bonds is 4. The molecule has 1 aromatic carbocycles. The maximum Gasteiger partial charge on any atom is 0.397 e. The van der Waals surface area contributed by atoms with Gasteiger partial charge in [-0.3, -0.25) is 0 Å². The first-order valence-electron chi connectivity index (χ1n) is 6.20. The molecular formula is C14H15F3N2OS. The van der Waals surface area contributed by atoms with Crippen LogP contribution < -0.4 is 10.5 Å². The summed E-state index contributed by atoms with van der Waals surface area (Å²) in [4.78, 5) is 4.79. The third-order valence-corrected chi connectivity index (χ3v) is 3.88. The second kappa shape index (κ2) is 5.55. The number of nitrogens with zero attached hydrogens (tertiary/aromatic N) is 1. The molecule has 7 heteroatoms. The number of nitrogens with two attached hydrogens (primary N) is 1. The highest BCUT2D eigenvalue weighted by molar-refractivity contribution is 7.18. The van der Waals surface area contributed by atoms with Crippen molar-refractivity contribution in [1.82, 2.24) is 4.98 Å². The van der Waals surface area contributed by atoms with Crippen molar-refractivity contribution in [2.45, 2.75) is 20.0 Å². The van der Waals surface area contributed by atoms with Crippen LogP contribution in [0.15, 0.2) is 30.5 Å². The van der Waals surface area contributed by atoms with Gasteiger partial charge in [-0.05, 0) is 31.5 Å². The summed E-state index contributed by atoms with van der Waals surface area (Å²) in [5.74, 6) is 0.386. The van der Waals surface area contributed by atoms with Crippen molar-refractivity contribution in [1.29, 1.82) is 0 Å². The van der Waals surface area contributed by atoms with Gasteiger partial charge in [0.25, 0.3) is 0 Å². The fourth-order valence-electron chi connectivity index (χ4n) is 1.51. The third-order valence-electron chi connectivity index (χ3n) is 3.01. The van der Waals surface area contributed by atoms with Crippen LogP contribution in [-0.4, -0.2) is 17.8 Å². The van der Waals surface area contributed by atoms with Crippen LogP contribution in [0.3, 0.4) is 0 Å². The molecule has 0 saturated heterocycles. The summed E-state index contributed by atoms with van der Waals surface area (Å²) in [5.41, 5.74) is 4.48. The van der Waals surface area contributed by atoms with Crippen LogP contribution >= 0.6 is 11.3 Å². The molecule has 1 aromatic heterocycles. The Morgan fingerprint density at radius 2 is 2.00 bits per heavy atom. The molecule has 0 atom stereocenters. The zero-order valence-electron chi connectivity index (χ0n) is 11.6. The fraction of sp³-hybridized carbons (Fsp3) is 0.357. The van der Waals surface area contributed by atoms with Crippen molar-refractivity contribution in [3.63, 3.8) is 0 Å². The average molecular weight is 316 g/mol. The monoisotopic (exact) mass is 316 g/mol. The summed E-state index contributed by atoms with van der Waals surface area (Å²) in [5, 5.41) is 0.439. The summed E-state index contributed by atoms with van der Waals surface area (Å²) < 4.78 is 43.6. The van der Waals surface area contributed by atoms with E-state index in [4.69, 9.17) is 10.5 Å². The van der Waals surface area contributed by atoms with E-state index in [1.807, 2.05) is 6.07 Å². The fourth-order valence-corrected chi connectivity index (χ4v) is 2.19. The standard InChI is InChI=1S/C14H15F3N2OS/c1-13(2,14(15,16)17)8-20-10-5-3-4-9(6-10)11-7-19-12(18)21-11/h3-7H,8H2,1-2H3,(H2,18,19). The highest BCUT2D eigenvalue weighted by Crippen LogP contribution is 2.38. The van der Waals surface area contributed by atoms with E-state index in [-0.39, 0.29) is 0 Å². The SMILES string of the molecule is CC(C)(COc1cccc(-c2cnc(N)s2)c1)C(F)(F)F. The predicted octanol–water partition coefficient (Wildman–Crippen LogP) is 4.36.